The van der Waals surface area contributed by atoms with Gasteiger partial charge in [0.1, 0.15) is 23.1 Å². The highest BCUT2D eigenvalue weighted by Gasteiger charge is 2.19. The molecule has 4 aromatic carbocycles. The number of pyridine rings is 1. The molecular formula is C35H30N2O4S. The van der Waals surface area contributed by atoms with E-state index in [0.717, 1.165) is 48.7 Å². The number of hydrogen-bond acceptors (Lipinski definition) is 6. The van der Waals surface area contributed by atoms with E-state index in [4.69, 9.17) is 19.6 Å². The lowest BCUT2D eigenvalue weighted by atomic mass is 9.96. The van der Waals surface area contributed by atoms with Gasteiger partial charge in [0.05, 0.1) is 21.4 Å². The van der Waals surface area contributed by atoms with Crippen LogP contribution in [0.1, 0.15) is 53.6 Å². The van der Waals surface area contributed by atoms with Gasteiger partial charge < -0.3 is 14.6 Å². The molecule has 2 atom stereocenters. The van der Waals surface area contributed by atoms with Gasteiger partial charge in [0.15, 0.2) is 6.10 Å². The van der Waals surface area contributed by atoms with Gasteiger partial charge in [0.2, 0.25) is 0 Å². The van der Waals surface area contributed by atoms with Gasteiger partial charge in [-0.05, 0) is 72.0 Å². The molecular weight excluding hydrogens is 544 g/mol. The second kappa shape index (κ2) is 12.4. The Morgan fingerprint density at radius 3 is 2.24 bits per heavy atom. The molecule has 0 spiro atoms. The van der Waals surface area contributed by atoms with E-state index in [-0.39, 0.29) is 12.3 Å². The molecule has 0 bridgehead atoms. The summed E-state index contributed by atoms with van der Waals surface area (Å²) in [6.07, 6.45) is 0.297. The number of hydrogen-bond donors (Lipinski definition) is 1. The van der Waals surface area contributed by atoms with Crippen molar-refractivity contribution in [1.82, 2.24) is 9.97 Å². The molecule has 0 fully saturated rings. The van der Waals surface area contributed by atoms with Crippen LogP contribution in [0.25, 0.3) is 21.1 Å². The van der Waals surface area contributed by atoms with Crippen molar-refractivity contribution in [1.29, 1.82) is 0 Å². The summed E-state index contributed by atoms with van der Waals surface area (Å²) in [5.41, 5.74) is 4.72. The number of rotatable bonds is 11. The highest BCUT2D eigenvalue weighted by atomic mass is 32.1. The van der Waals surface area contributed by atoms with Crippen molar-refractivity contribution in [2.45, 2.75) is 38.4 Å². The number of carbonyl (C=O) groups is 1. The summed E-state index contributed by atoms with van der Waals surface area (Å²) in [7, 11) is 0. The molecule has 0 amide bonds. The third kappa shape index (κ3) is 6.42. The third-order valence-corrected chi connectivity index (χ3v) is 8.28. The third-order valence-electron chi connectivity index (χ3n) is 7.27. The fraction of sp³-hybridized carbons (Fsp3) is 0.171. The lowest BCUT2D eigenvalue weighted by Crippen LogP contribution is -2.11. The van der Waals surface area contributed by atoms with Gasteiger partial charge in [-0.25, -0.2) is 9.97 Å². The van der Waals surface area contributed by atoms with E-state index >= 15 is 0 Å². The van der Waals surface area contributed by atoms with Crippen molar-refractivity contribution in [3.8, 4) is 11.5 Å². The highest BCUT2D eigenvalue weighted by Crippen LogP contribution is 2.32. The summed E-state index contributed by atoms with van der Waals surface area (Å²) in [5, 5.41) is 11.0. The van der Waals surface area contributed by atoms with E-state index in [1.165, 1.54) is 0 Å². The van der Waals surface area contributed by atoms with E-state index in [2.05, 4.69) is 17.1 Å². The zero-order valence-electron chi connectivity index (χ0n) is 23.1. The molecule has 0 aliphatic heterocycles. The fourth-order valence-electron chi connectivity index (χ4n) is 4.91. The Labute approximate surface area is 248 Å². The first-order valence-electron chi connectivity index (χ1n) is 13.9. The average molecular weight is 575 g/mol. The number of nitrogens with zero attached hydrogens (tertiary/aromatic N) is 2. The monoisotopic (exact) mass is 574 g/mol. The highest BCUT2D eigenvalue weighted by molar-refractivity contribution is 7.18. The molecule has 2 aromatic heterocycles. The molecule has 6 rings (SSSR count). The number of aromatic nitrogens is 2. The number of thiazole rings is 1. The van der Waals surface area contributed by atoms with Crippen LogP contribution >= 0.6 is 11.3 Å². The van der Waals surface area contributed by atoms with Crippen LogP contribution in [0.4, 0.5) is 0 Å². The van der Waals surface area contributed by atoms with Crippen LogP contribution in [0, 0.1) is 0 Å². The van der Waals surface area contributed by atoms with Gasteiger partial charge in [-0.3, -0.25) is 4.79 Å². The number of carboxylic acid groups (broad SMARTS) is 1. The first-order valence-corrected chi connectivity index (χ1v) is 14.7. The maximum absolute atomic E-state index is 11.0. The summed E-state index contributed by atoms with van der Waals surface area (Å²) in [6, 6.07) is 36.0. The SMILES string of the molecule is CC(CCC(=O)O)c1ccc(OC(c2ccc(OCc3nc4ccccc4s3)cc2)c2ccc3ccccc3n2)cc1. The quantitative estimate of drug-likeness (QED) is 0.167. The van der Waals surface area contributed by atoms with Crippen molar-refractivity contribution in [3.05, 3.63) is 131 Å². The fourth-order valence-corrected chi connectivity index (χ4v) is 5.79. The number of para-hydroxylation sites is 2. The van der Waals surface area contributed by atoms with Crippen molar-refractivity contribution in [3.63, 3.8) is 0 Å². The van der Waals surface area contributed by atoms with Gasteiger partial charge in [0.25, 0.3) is 0 Å². The molecule has 0 radical (unpaired) electrons. The van der Waals surface area contributed by atoms with Crippen molar-refractivity contribution in [2.75, 3.05) is 0 Å². The maximum atomic E-state index is 11.0. The molecule has 6 nitrogen and oxygen atoms in total. The minimum absolute atomic E-state index is 0.142. The second-order valence-electron chi connectivity index (χ2n) is 10.3. The zero-order valence-corrected chi connectivity index (χ0v) is 24.0. The molecule has 6 aromatic rings. The summed E-state index contributed by atoms with van der Waals surface area (Å²) in [6.45, 7) is 2.45. The van der Waals surface area contributed by atoms with Crippen molar-refractivity contribution >= 4 is 38.4 Å². The molecule has 2 heterocycles. The van der Waals surface area contributed by atoms with E-state index < -0.39 is 12.1 Å². The predicted octanol–water partition coefficient (Wildman–Crippen LogP) is 8.56. The van der Waals surface area contributed by atoms with Crippen LogP contribution in [0.3, 0.4) is 0 Å². The summed E-state index contributed by atoms with van der Waals surface area (Å²) < 4.78 is 13.8. The Morgan fingerprint density at radius 2 is 1.48 bits per heavy atom. The summed E-state index contributed by atoms with van der Waals surface area (Å²) >= 11 is 1.64. The normalized spacial score (nSPS) is 12.7. The standard InChI is InChI=1S/C35H30N2O4S/c1-23(10-21-34(38)39)24-11-18-28(19-12-24)41-35(31-20-15-25-6-2-3-7-29(25)36-31)26-13-16-27(17-14-26)40-22-33-37-30-8-4-5-9-32(30)42-33/h2-9,11-20,23,35H,10,21-22H2,1H3,(H,38,39). The van der Waals surface area contributed by atoms with Gasteiger partial charge in [0, 0.05) is 11.8 Å². The smallest absolute Gasteiger partial charge is 0.303 e. The number of fused-ring (bicyclic) bond motifs is 2. The minimum atomic E-state index is -0.777. The van der Waals surface area contributed by atoms with Crippen LogP contribution in [-0.4, -0.2) is 21.0 Å². The number of ether oxygens (including phenoxy) is 2. The van der Waals surface area contributed by atoms with Crippen LogP contribution in [-0.2, 0) is 11.4 Å². The topological polar surface area (TPSA) is 81.5 Å². The van der Waals surface area contributed by atoms with Crippen LogP contribution in [0.5, 0.6) is 11.5 Å². The van der Waals surface area contributed by atoms with Crippen LogP contribution in [0.2, 0.25) is 0 Å². The van der Waals surface area contributed by atoms with Gasteiger partial charge in [-0.15, -0.1) is 11.3 Å². The number of aliphatic carboxylic acids is 1. The molecule has 210 valence electrons. The Hall–Kier alpha value is -4.75. The zero-order chi connectivity index (χ0) is 28.9. The average Bonchev–Trinajstić information content (AvgIpc) is 3.45. The largest absolute Gasteiger partial charge is 0.486 e. The van der Waals surface area contributed by atoms with Crippen molar-refractivity contribution in [2.24, 2.45) is 0 Å². The lowest BCUT2D eigenvalue weighted by Gasteiger charge is -2.21. The van der Waals surface area contributed by atoms with Gasteiger partial charge in [-0.1, -0.05) is 67.6 Å². The van der Waals surface area contributed by atoms with E-state index in [1.54, 1.807) is 11.3 Å². The number of carboxylic acids is 1. The second-order valence-corrected chi connectivity index (χ2v) is 11.4. The van der Waals surface area contributed by atoms with E-state index in [1.807, 2.05) is 104 Å². The Morgan fingerprint density at radius 1 is 0.786 bits per heavy atom. The van der Waals surface area contributed by atoms with Crippen LogP contribution in [0.15, 0.2) is 109 Å². The number of benzene rings is 4. The predicted molar refractivity (Wildman–Crippen MR) is 166 cm³/mol. The van der Waals surface area contributed by atoms with Gasteiger partial charge >= 0.3 is 5.97 Å². The Balaban J connectivity index is 1.22. The first kappa shape index (κ1) is 27.4. The molecule has 42 heavy (non-hydrogen) atoms. The van der Waals surface area contributed by atoms with E-state index in [9.17, 15) is 4.79 Å². The van der Waals surface area contributed by atoms with Gasteiger partial charge in [-0.2, -0.15) is 0 Å². The van der Waals surface area contributed by atoms with E-state index in [0.29, 0.717) is 18.8 Å². The van der Waals surface area contributed by atoms with Crippen LogP contribution < -0.4 is 9.47 Å². The first-order chi connectivity index (χ1) is 20.5. The summed E-state index contributed by atoms with van der Waals surface area (Å²) in [5.74, 6) is 0.826. The van der Waals surface area contributed by atoms with Crippen molar-refractivity contribution < 1.29 is 19.4 Å². The molecule has 0 aliphatic carbocycles. The molecule has 0 saturated heterocycles. The lowest BCUT2D eigenvalue weighted by molar-refractivity contribution is -0.137. The molecule has 0 aliphatic rings. The Bertz CT molecular complexity index is 1780. The molecule has 0 saturated carbocycles. The molecule has 7 heteroatoms. The molecule has 2 unspecified atom stereocenters. The maximum Gasteiger partial charge on any atom is 0.303 e. The minimum Gasteiger partial charge on any atom is -0.486 e. The Kier molecular flexibility index (Phi) is 8.10. The molecule has 1 N–H and O–H groups in total. The summed E-state index contributed by atoms with van der Waals surface area (Å²) in [4.78, 5) is 20.6.